The largest absolute Gasteiger partial charge is 0.508 e. The number of methoxy groups -OCH3 is 1. The fourth-order valence-corrected chi connectivity index (χ4v) is 4.75. The number of phenolic OH excluding ortho intramolecular Hbond substituents is 1. The Bertz CT molecular complexity index is 1380. The van der Waals surface area contributed by atoms with E-state index in [0.717, 1.165) is 5.56 Å². The van der Waals surface area contributed by atoms with Gasteiger partial charge in [0.2, 0.25) is 5.91 Å². The molecule has 10 heteroatoms. The van der Waals surface area contributed by atoms with Crippen LogP contribution in [0.2, 0.25) is 0 Å². The predicted molar refractivity (Wildman–Crippen MR) is 148 cm³/mol. The van der Waals surface area contributed by atoms with Gasteiger partial charge >= 0.3 is 5.97 Å². The summed E-state index contributed by atoms with van der Waals surface area (Å²) in [5.41, 5.74) is 2.11. The molecule has 1 aliphatic rings. The molecule has 0 aliphatic carbocycles. The summed E-state index contributed by atoms with van der Waals surface area (Å²) in [6.07, 6.45) is 0.402. The van der Waals surface area contributed by atoms with Gasteiger partial charge in [-0.1, -0.05) is 12.1 Å². The van der Waals surface area contributed by atoms with E-state index < -0.39 is 12.0 Å². The standard InChI is InChI=1S/C30H33N3O7/c1-5-39-28-16-20(9-14-27(28)38-4)21-15-26(33(17-21)19(2)34)30(37)40-18-22-7-6-8-25(31-22)29(36)32(3)23-10-12-24(35)13-11-23/h6-14,16,21,26,35H,5,15,17-18H2,1-4H3/t21-,26-/m1/s1. The van der Waals surface area contributed by atoms with E-state index in [1.54, 1.807) is 44.5 Å². The molecule has 0 unspecified atom stereocenters. The zero-order chi connectivity index (χ0) is 28.8. The van der Waals surface area contributed by atoms with Gasteiger partial charge in [-0.3, -0.25) is 9.59 Å². The molecule has 3 aromatic rings. The normalized spacial score (nSPS) is 16.4. The van der Waals surface area contributed by atoms with Crippen molar-refractivity contribution in [3.63, 3.8) is 0 Å². The Morgan fingerprint density at radius 3 is 2.50 bits per heavy atom. The van der Waals surface area contributed by atoms with Crippen molar-refractivity contribution in [2.75, 3.05) is 32.2 Å². The SMILES string of the molecule is CCOc1cc([C@@H]2C[C@H](C(=O)OCc3cccc(C(=O)N(C)c4ccc(O)cc4)n3)N(C(C)=O)C2)ccc1OC. The first-order valence-corrected chi connectivity index (χ1v) is 13.0. The van der Waals surface area contributed by atoms with Gasteiger partial charge in [-0.15, -0.1) is 0 Å². The Morgan fingerprint density at radius 2 is 1.82 bits per heavy atom. The lowest BCUT2D eigenvalue weighted by molar-refractivity contribution is -0.154. The first-order valence-electron chi connectivity index (χ1n) is 13.0. The summed E-state index contributed by atoms with van der Waals surface area (Å²) < 4.78 is 16.6. The predicted octanol–water partition coefficient (Wildman–Crippen LogP) is 3.92. The van der Waals surface area contributed by atoms with Gasteiger partial charge in [0.25, 0.3) is 5.91 Å². The van der Waals surface area contributed by atoms with Crippen LogP contribution in [0.5, 0.6) is 17.2 Å². The lowest BCUT2D eigenvalue weighted by Gasteiger charge is -2.21. The molecular weight excluding hydrogens is 514 g/mol. The zero-order valence-electron chi connectivity index (χ0n) is 23.0. The van der Waals surface area contributed by atoms with Crippen molar-refractivity contribution in [1.29, 1.82) is 0 Å². The molecule has 0 bridgehead atoms. The number of carbonyl (C=O) groups is 3. The number of hydrogen-bond acceptors (Lipinski definition) is 8. The third kappa shape index (κ3) is 6.33. The van der Waals surface area contributed by atoms with E-state index in [-0.39, 0.29) is 35.8 Å². The molecule has 210 valence electrons. The third-order valence-corrected chi connectivity index (χ3v) is 6.87. The second kappa shape index (κ2) is 12.5. The highest BCUT2D eigenvalue weighted by Gasteiger charge is 2.40. The molecule has 1 aromatic heterocycles. The number of phenols is 1. The minimum absolute atomic E-state index is 0.0823. The van der Waals surface area contributed by atoms with Crippen LogP contribution >= 0.6 is 0 Å². The monoisotopic (exact) mass is 547 g/mol. The fourth-order valence-electron chi connectivity index (χ4n) is 4.75. The first-order chi connectivity index (χ1) is 19.2. The molecular formula is C30H33N3O7. The second-order valence-corrected chi connectivity index (χ2v) is 9.47. The molecule has 40 heavy (non-hydrogen) atoms. The topological polar surface area (TPSA) is 119 Å². The number of carbonyl (C=O) groups excluding carboxylic acids is 3. The van der Waals surface area contributed by atoms with Crippen LogP contribution in [0, 0.1) is 0 Å². The molecule has 1 saturated heterocycles. The average Bonchev–Trinajstić information content (AvgIpc) is 3.42. The van der Waals surface area contributed by atoms with Crippen molar-refractivity contribution >= 4 is 23.5 Å². The number of anilines is 1. The average molecular weight is 548 g/mol. The first kappa shape index (κ1) is 28.4. The lowest BCUT2D eigenvalue weighted by Crippen LogP contribution is -2.40. The highest BCUT2D eigenvalue weighted by atomic mass is 16.5. The van der Waals surface area contributed by atoms with Crippen LogP contribution in [0.3, 0.4) is 0 Å². The number of benzene rings is 2. The smallest absolute Gasteiger partial charge is 0.329 e. The van der Waals surface area contributed by atoms with Crippen LogP contribution in [-0.2, 0) is 20.9 Å². The van der Waals surface area contributed by atoms with E-state index in [0.29, 0.717) is 42.5 Å². The van der Waals surface area contributed by atoms with E-state index in [9.17, 15) is 19.5 Å². The molecule has 0 radical (unpaired) electrons. The Morgan fingerprint density at radius 1 is 1.07 bits per heavy atom. The Hall–Kier alpha value is -4.60. The highest BCUT2D eigenvalue weighted by molar-refractivity contribution is 6.04. The van der Waals surface area contributed by atoms with Crippen LogP contribution in [0.15, 0.2) is 60.7 Å². The number of rotatable bonds is 9. The van der Waals surface area contributed by atoms with Crippen molar-refractivity contribution in [2.45, 2.75) is 38.8 Å². The number of ether oxygens (including phenoxy) is 3. The van der Waals surface area contributed by atoms with E-state index in [1.165, 1.54) is 28.9 Å². The van der Waals surface area contributed by atoms with Gasteiger partial charge in [-0.25, -0.2) is 9.78 Å². The number of esters is 1. The minimum atomic E-state index is -0.745. The van der Waals surface area contributed by atoms with Crippen LogP contribution in [-0.4, -0.2) is 66.1 Å². The van der Waals surface area contributed by atoms with Gasteiger partial charge in [0.15, 0.2) is 11.5 Å². The van der Waals surface area contributed by atoms with E-state index >= 15 is 0 Å². The van der Waals surface area contributed by atoms with Crippen molar-refractivity contribution in [1.82, 2.24) is 9.88 Å². The van der Waals surface area contributed by atoms with Crippen molar-refractivity contribution in [2.24, 2.45) is 0 Å². The molecule has 2 amide bonds. The molecule has 10 nitrogen and oxygen atoms in total. The molecule has 1 aliphatic heterocycles. The van der Waals surface area contributed by atoms with Gasteiger partial charge < -0.3 is 29.1 Å². The number of hydrogen-bond donors (Lipinski definition) is 1. The number of aromatic nitrogens is 1. The molecule has 0 spiro atoms. The maximum atomic E-state index is 13.1. The Labute approximate surface area is 233 Å². The number of aromatic hydroxyl groups is 1. The Kier molecular flexibility index (Phi) is 8.88. The quantitative estimate of drug-likeness (QED) is 0.401. The van der Waals surface area contributed by atoms with Crippen LogP contribution in [0.1, 0.15) is 47.9 Å². The lowest BCUT2D eigenvalue weighted by atomic mass is 9.96. The minimum Gasteiger partial charge on any atom is -0.508 e. The maximum absolute atomic E-state index is 13.1. The summed E-state index contributed by atoms with van der Waals surface area (Å²) in [7, 11) is 3.18. The van der Waals surface area contributed by atoms with Gasteiger partial charge in [0.1, 0.15) is 24.1 Å². The summed E-state index contributed by atoms with van der Waals surface area (Å²) in [5.74, 6) is 0.141. The molecule has 1 fully saturated rings. The van der Waals surface area contributed by atoms with Gasteiger partial charge in [0, 0.05) is 32.1 Å². The van der Waals surface area contributed by atoms with Gasteiger partial charge in [0.05, 0.1) is 19.4 Å². The number of amides is 2. The van der Waals surface area contributed by atoms with Crippen molar-refractivity contribution in [3.05, 3.63) is 77.6 Å². The van der Waals surface area contributed by atoms with E-state index in [1.807, 2.05) is 25.1 Å². The molecule has 4 rings (SSSR count). The molecule has 2 aromatic carbocycles. The highest BCUT2D eigenvalue weighted by Crippen LogP contribution is 2.37. The van der Waals surface area contributed by atoms with Gasteiger partial charge in [-0.2, -0.15) is 0 Å². The third-order valence-electron chi connectivity index (χ3n) is 6.87. The maximum Gasteiger partial charge on any atom is 0.329 e. The number of nitrogens with zero attached hydrogens (tertiary/aromatic N) is 3. The summed E-state index contributed by atoms with van der Waals surface area (Å²) in [5, 5.41) is 9.49. The zero-order valence-corrected chi connectivity index (χ0v) is 23.0. The molecule has 0 saturated carbocycles. The fraction of sp³-hybridized carbons (Fsp3) is 0.333. The molecule has 2 atom stereocenters. The summed E-state index contributed by atoms with van der Waals surface area (Å²) in [6, 6.07) is 16.0. The van der Waals surface area contributed by atoms with Crippen LogP contribution in [0.4, 0.5) is 5.69 Å². The number of pyridine rings is 1. The molecule has 2 heterocycles. The number of likely N-dealkylation sites (tertiary alicyclic amines) is 1. The summed E-state index contributed by atoms with van der Waals surface area (Å²) >= 11 is 0. The summed E-state index contributed by atoms with van der Waals surface area (Å²) in [4.78, 5) is 45.8. The van der Waals surface area contributed by atoms with Crippen LogP contribution < -0.4 is 14.4 Å². The second-order valence-electron chi connectivity index (χ2n) is 9.47. The van der Waals surface area contributed by atoms with Crippen molar-refractivity contribution < 1.29 is 33.7 Å². The van der Waals surface area contributed by atoms with E-state index in [2.05, 4.69) is 4.98 Å². The van der Waals surface area contributed by atoms with E-state index in [4.69, 9.17) is 14.2 Å². The van der Waals surface area contributed by atoms with Crippen molar-refractivity contribution in [3.8, 4) is 17.2 Å². The van der Waals surface area contributed by atoms with Crippen LogP contribution in [0.25, 0.3) is 0 Å². The molecule has 1 N–H and O–H groups in total. The summed E-state index contributed by atoms with van der Waals surface area (Å²) in [6.45, 7) is 4.03. The Balaban J connectivity index is 1.43. The van der Waals surface area contributed by atoms with Gasteiger partial charge in [-0.05, 0) is 67.4 Å².